The quantitative estimate of drug-likeness (QED) is 0.777. The first-order chi connectivity index (χ1) is 12.4. The summed E-state index contributed by atoms with van der Waals surface area (Å²) < 4.78 is 27.3. The molecule has 2 fully saturated rings. The number of hydrogen-bond acceptors (Lipinski definition) is 5. The molecule has 26 heavy (non-hydrogen) atoms. The number of likely N-dealkylation sites (tertiary alicyclic amines) is 1. The van der Waals surface area contributed by atoms with Crippen molar-refractivity contribution in [3.05, 3.63) is 29.8 Å². The highest BCUT2D eigenvalue weighted by atomic mass is 32.2. The van der Waals surface area contributed by atoms with Gasteiger partial charge in [0.05, 0.1) is 4.90 Å². The van der Waals surface area contributed by atoms with Crippen molar-refractivity contribution in [2.75, 3.05) is 39.3 Å². The molecule has 2 aliphatic rings. The highest BCUT2D eigenvalue weighted by molar-refractivity contribution is 7.89. The summed E-state index contributed by atoms with van der Waals surface area (Å²) in [7, 11) is -3.60. The summed E-state index contributed by atoms with van der Waals surface area (Å²) in [4.78, 5) is 17.3. The fourth-order valence-electron chi connectivity index (χ4n) is 3.63. The van der Waals surface area contributed by atoms with Gasteiger partial charge in [-0.2, -0.15) is 0 Å². The predicted octanol–water partition coefficient (Wildman–Crippen LogP) is 0.493. The summed E-state index contributed by atoms with van der Waals surface area (Å²) in [5.74, 6) is -0.0933. The number of hydrogen-bond donors (Lipinski definition) is 2. The molecule has 1 atom stereocenters. The van der Waals surface area contributed by atoms with Crippen LogP contribution < -0.4 is 10.0 Å². The van der Waals surface area contributed by atoms with Gasteiger partial charge < -0.3 is 10.2 Å². The Bertz CT molecular complexity index is 745. The summed E-state index contributed by atoms with van der Waals surface area (Å²) in [6.45, 7) is 8.98. The Morgan fingerprint density at radius 3 is 2.65 bits per heavy atom. The van der Waals surface area contributed by atoms with Crippen LogP contribution in [0.5, 0.6) is 0 Å². The molecule has 2 heterocycles. The van der Waals surface area contributed by atoms with Gasteiger partial charge in [-0.05, 0) is 38.5 Å². The van der Waals surface area contributed by atoms with Crippen LogP contribution in [-0.4, -0.2) is 75.5 Å². The van der Waals surface area contributed by atoms with Crippen LogP contribution in [0.1, 0.15) is 30.6 Å². The molecule has 2 saturated heterocycles. The van der Waals surface area contributed by atoms with Crippen molar-refractivity contribution < 1.29 is 13.2 Å². The molecule has 0 aromatic heterocycles. The van der Waals surface area contributed by atoms with E-state index >= 15 is 0 Å². The molecule has 1 unspecified atom stereocenters. The molecular formula is C18H28N4O3S. The summed E-state index contributed by atoms with van der Waals surface area (Å²) in [5, 5.41) is 3.35. The fraction of sp³-hybridized carbons (Fsp3) is 0.611. The van der Waals surface area contributed by atoms with Crippen molar-refractivity contribution >= 4 is 15.9 Å². The van der Waals surface area contributed by atoms with Crippen LogP contribution in [0.25, 0.3) is 0 Å². The van der Waals surface area contributed by atoms with Crippen LogP contribution in [0.15, 0.2) is 29.2 Å². The Morgan fingerprint density at radius 1 is 1.23 bits per heavy atom. The Hall–Kier alpha value is -1.48. The van der Waals surface area contributed by atoms with Gasteiger partial charge in [0.15, 0.2) is 0 Å². The lowest BCUT2D eigenvalue weighted by molar-refractivity contribution is 0.0773. The molecule has 0 spiro atoms. The molecule has 0 saturated carbocycles. The molecule has 0 radical (unpaired) electrons. The normalized spacial score (nSPS) is 22.1. The molecular weight excluding hydrogens is 352 g/mol. The number of rotatable bonds is 5. The molecule has 0 aliphatic carbocycles. The summed E-state index contributed by atoms with van der Waals surface area (Å²) >= 11 is 0. The van der Waals surface area contributed by atoms with E-state index in [4.69, 9.17) is 0 Å². The Labute approximate surface area is 155 Å². The third kappa shape index (κ3) is 4.43. The van der Waals surface area contributed by atoms with Gasteiger partial charge in [0.2, 0.25) is 10.0 Å². The Morgan fingerprint density at radius 2 is 1.96 bits per heavy atom. The van der Waals surface area contributed by atoms with Crippen LogP contribution >= 0.6 is 0 Å². The van der Waals surface area contributed by atoms with E-state index in [1.54, 1.807) is 26.0 Å². The molecule has 7 nitrogen and oxygen atoms in total. The van der Waals surface area contributed by atoms with Crippen molar-refractivity contribution in [2.24, 2.45) is 0 Å². The lowest BCUT2D eigenvalue weighted by Gasteiger charge is -2.32. The molecule has 0 bridgehead atoms. The third-order valence-electron chi connectivity index (χ3n) is 4.90. The van der Waals surface area contributed by atoms with Gasteiger partial charge in [-0.1, -0.05) is 6.07 Å². The minimum atomic E-state index is -3.60. The second-order valence-corrected chi connectivity index (χ2v) is 9.00. The van der Waals surface area contributed by atoms with Crippen molar-refractivity contribution in [3.63, 3.8) is 0 Å². The van der Waals surface area contributed by atoms with Crippen molar-refractivity contribution in [3.8, 4) is 0 Å². The zero-order chi connectivity index (χ0) is 18.7. The van der Waals surface area contributed by atoms with Crippen LogP contribution in [0, 0.1) is 0 Å². The van der Waals surface area contributed by atoms with Crippen LogP contribution in [0.4, 0.5) is 0 Å². The van der Waals surface area contributed by atoms with E-state index in [9.17, 15) is 13.2 Å². The van der Waals surface area contributed by atoms with Gasteiger partial charge >= 0.3 is 0 Å². The fourth-order valence-corrected chi connectivity index (χ4v) is 4.93. The number of piperazine rings is 1. The van der Waals surface area contributed by atoms with Crippen LogP contribution in [0.2, 0.25) is 0 Å². The molecule has 2 N–H and O–H groups in total. The molecule has 144 valence electrons. The maximum atomic E-state index is 12.9. The van der Waals surface area contributed by atoms with Gasteiger partial charge in [-0.15, -0.1) is 0 Å². The topological polar surface area (TPSA) is 81.8 Å². The van der Waals surface area contributed by atoms with Gasteiger partial charge in [-0.25, -0.2) is 13.1 Å². The smallest absolute Gasteiger partial charge is 0.253 e. The average Bonchev–Trinajstić information content (AvgIpc) is 3.11. The largest absolute Gasteiger partial charge is 0.337 e. The van der Waals surface area contributed by atoms with Gasteiger partial charge in [-0.3, -0.25) is 9.69 Å². The number of amides is 1. The SMILES string of the molecule is CC(C)NS(=O)(=O)c1cccc(C(=O)N2CCC(N3CCNCC3)C2)c1. The van der Waals surface area contributed by atoms with Crippen molar-refractivity contribution in [1.29, 1.82) is 0 Å². The van der Waals surface area contributed by atoms with Gasteiger partial charge in [0, 0.05) is 56.9 Å². The zero-order valence-electron chi connectivity index (χ0n) is 15.4. The average molecular weight is 381 g/mol. The summed E-state index contributed by atoms with van der Waals surface area (Å²) in [6.07, 6.45) is 0.971. The number of nitrogens with zero attached hydrogens (tertiary/aromatic N) is 2. The first-order valence-electron chi connectivity index (χ1n) is 9.23. The first-order valence-corrected chi connectivity index (χ1v) is 10.7. The molecule has 1 amide bonds. The standard InChI is InChI=1S/C18H28N4O3S/c1-14(2)20-26(24,25)17-5-3-4-15(12-17)18(23)22-9-6-16(13-22)21-10-7-19-8-11-21/h3-5,12,14,16,19-20H,6-11,13H2,1-2H3. The van der Waals surface area contributed by atoms with Crippen LogP contribution in [0.3, 0.4) is 0 Å². The maximum absolute atomic E-state index is 12.9. The Kier molecular flexibility index (Phi) is 5.96. The molecule has 2 aliphatic heterocycles. The minimum absolute atomic E-state index is 0.0933. The van der Waals surface area contributed by atoms with E-state index < -0.39 is 10.0 Å². The highest BCUT2D eigenvalue weighted by Crippen LogP contribution is 2.20. The third-order valence-corrected chi connectivity index (χ3v) is 6.56. The van der Waals surface area contributed by atoms with Crippen LogP contribution in [-0.2, 0) is 10.0 Å². The first kappa shape index (κ1) is 19.3. The Balaban J connectivity index is 1.69. The van der Waals surface area contributed by atoms with E-state index in [1.807, 2.05) is 4.90 Å². The van der Waals surface area contributed by atoms with Gasteiger partial charge in [0.1, 0.15) is 0 Å². The lowest BCUT2D eigenvalue weighted by Crippen LogP contribution is -2.49. The zero-order valence-corrected chi connectivity index (χ0v) is 16.3. The molecule has 1 aromatic carbocycles. The minimum Gasteiger partial charge on any atom is -0.337 e. The highest BCUT2D eigenvalue weighted by Gasteiger charge is 2.31. The number of sulfonamides is 1. The number of carbonyl (C=O) groups excluding carboxylic acids is 1. The monoisotopic (exact) mass is 380 g/mol. The van der Waals surface area contributed by atoms with Crippen molar-refractivity contribution in [1.82, 2.24) is 19.8 Å². The summed E-state index contributed by atoms with van der Waals surface area (Å²) in [6, 6.07) is 6.52. The number of benzene rings is 1. The molecule has 8 heteroatoms. The second-order valence-electron chi connectivity index (χ2n) is 7.28. The second kappa shape index (κ2) is 8.04. The maximum Gasteiger partial charge on any atom is 0.253 e. The number of carbonyl (C=O) groups is 1. The predicted molar refractivity (Wildman–Crippen MR) is 101 cm³/mol. The van der Waals surface area contributed by atoms with Gasteiger partial charge in [0.25, 0.3) is 5.91 Å². The van der Waals surface area contributed by atoms with E-state index in [-0.39, 0.29) is 16.8 Å². The lowest BCUT2D eigenvalue weighted by atomic mass is 10.2. The molecule has 3 rings (SSSR count). The van der Waals surface area contributed by atoms with E-state index in [1.165, 1.54) is 12.1 Å². The number of nitrogens with one attached hydrogen (secondary N) is 2. The van der Waals surface area contributed by atoms with E-state index in [0.717, 1.165) is 32.6 Å². The molecule has 1 aromatic rings. The summed E-state index contributed by atoms with van der Waals surface area (Å²) in [5.41, 5.74) is 0.428. The van der Waals surface area contributed by atoms with E-state index in [0.29, 0.717) is 24.7 Å². The van der Waals surface area contributed by atoms with E-state index in [2.05, 4.69) is 14.9 Å². The van der Waals surface area contributed by atoms with Crippen molar-refractivity contribution in [2.45, 2.75) is 37.2 Å².